The number of carbonyl (C=O) groups is 2. The molecule has 1 unspecified atom stereocenters. The minimum absolute atomic E-state index is 0.0120. The monoisotopic (exact) mass is 228 g/mol. The fourth-order valence-electron chi connectivity index (χ4n) is 2.25. The first-order valence-corrected chi connectivity index (χ1v) is 5.52. The van der Waals surface area contributed by atoms with Crippen molar-refractivity contribution in [2.24, 2.45) is 5.92 Å². The van der Waals surface area contributed by atoms with Crippen LogP contribution in [0.25, 0.3) is 0 Å². The first-order valence-electron chi connectivity index (χ1n) is 5.52. The number of amides is 2. The van der Waals surface area contributed by atoms with Gasteiger partial charge in [0.25, 0.3) is 0 Å². The van der Waals surface area contributed by atoms with Crippen LogP contribution in [-0.4, -0.2) is 64.3 Å². The van der Waals surface area contributed by atoms with E-state index in [2.05, 4.69) is 0 Å². The van der Waals surface area contributed by atoms with Crippen molar-refractivity contribution in [2.75, 3.05) is 26.2 Å². The molecule has 2 rings (SSSR count). The van der Waals surface area contributed by atoms with Crippen LogP contribution in [0, 0.1) is 5.92 Å². The number of aliphatic hydroxyl groups excluding tert-OH is 1. The summed E-state index contributed by atoms with van der Waals surface area (Å²) in [5.41, 5.74) is 0. The van der Waals surface area contributed by atoms with E-state index in [1.165, 1.54) is 4.90 Å². The SMILES string of the molecule is O=C(O)C1CN(C(=O)N2CCCC2CO)C1. The number of urea groups is 1. The molecule has 2 fully saturated rings. The second kappa shape index (κ2) is 4.29. The highest BCUT2D eigenvalue weighted by Gasteiger charge is 2.40. The van der Waals surface area contributed by atoms with Gasteiger partial charge < -0.3 is 20.0 Å². The van der Waals surface area contributed by atoms with Crippen molar-refractivity contribution in [2.45, 2.75) is 18.9 Å². The van der Waals surface area contributed by atoms with E-state index in [9.17, 15) is 9.59 Å². The largest absolute Gasteiger partial charge is 0.481 e. The van der Waals surface area contributed by atoms with Crippen molar-refractivity contribution in [3.63, 3.8) is 0 Å². The van der Waals surface area contributed by atoms with Crippen molar-refractivity contribution < 1.29 is 19.8 Å². The summed E-state index contributed by atoms with van der Waals surface area (Å²) in [4.78, 5) is 25.7. The lowest BCUT2D eigenvalue weighted by molar-refractivity contribution is -0.146. The zero-order valence-corrected chi connectivity index (χ0v) is 9.00. The summed E-state index contributed by atoms with van der Waals surface area (Å²) in [5.74, 6) is -1.26. The number of carboxylic acid groups (broad SMARTS) is 1. The molecule has 0 spiro atoms. The molecule has 2 aliphatic rings. The summed E-state index contributed by atoms with van der Waals surface area (Å²) < 4.78 is 0. The molecular weight excluding hydrogens is 212 g/mol. The molecule has 0 aromatic rings. The Labute approximate surface area is 93.4 Å². The number of rotatable bonds is 2. The third-order valence-corrected chi connectivity index (χ3v) is 3.33. The second-order valence-corrected chi connectivity index (χ2v) is 4.39. The molecule has 2 saturated heterocycles. The Morgan fingerprint density at radius 3 is 2.56 bits per heavy atom. The van der Waals surface area contributed by atoms with Crippen LogP contribution in [0.3, 0.4) is 0 Å². The molecule has 2 amide bonds. The number of nitrogens with zero attached hydrogens (tertiary/aromatic N) is 2. The first kappa shape index (κ1) is 11.2. The Kier molecular flexibility index (Phi) is 3.00. The predicted octanol–water partition coefficient (Wildman–Crippen LogP) is -0.421. The summed E-state index contributed by atoms with van der Waals surface area (Å²) in [6, 6.07) is -0.217. The highest BCUT2D eigenvalue weighted by Crippen LogP contribution is 2.23. The maximum atomic E-state index is 11.9. The van der Waals surface area contributed by atoms with Gasteiger partial charge in [0.2, 0.25) is 0 Å². The lowest BCUT2D eigenvalue weighted by Crippen LogP contribution is -2.58. The Morgan fingerprint density at radius 2 is 2.00 bits per heavy atom. The molecular formula is C10H16N2O4. The van der Waals surface area contributed by atoms with Gasteiger partial charge in [-0.1, -0.05) is 0 Å². The number of hydrogen-bond acceptors (Lipinski definition) is 3. The summed E-state index contributed by atoms with van der Waals surface area (Å²) >= 11 is 0. The van der Waals surface area contributed by atoms with Crippen LogP contribution in [-0.2, 0) is 4.79 Å². The molecule has 2 heterocycles. The Bertz CT molecular complexity index is 301. The summed E-state index contributed by atoms with van der Waals surface area (Å²) in [6.45, 7) is 1.24. The Morgan fingerprint density at radius 1 is 1.31 bits per heavy atom. The molecule has 6 heteroatoms. The third-order valence-electron chi connectivity index (χ3n) is 3.33. The minimum atomic E-state index is -0.843. The average molecular weight is 228 g/mol. The van der Waals surface area contributed by atoms with Crippen LogP contribution in [0.2, 0.25) is 0 Å². The highest BCUT2D eigenvalue weighted by molar-refractivity contribution is 5.80. The van der Waals surface area contributed by atoms with Gasteiger partial charge in [-0.15, -0.1) is 0 Å². The van der Waals surface area contributed by atoms with Gasteiger partial charge in [0, 0.05) is 19.6 Å². The van der Waals surface area contributed by atoms with E-state index in [1.807, 2.05) is 0 Å². The molecule has 0 bridgehead atoms. The standard InChI is InChI=1S/C10H16N2O4/c13-6-8-2-1-3-12(8)10(16)11-4-7(5-11)9(14)15/h7-8,13H,1-6H2,(H,14,15). The zero-order chi connectivity index (χ0) is 11.7. The van der Waals surface area contributed by atoms with Crippen molar-refractivity contribution in [3.8, 4) is 0 Å². The van der Waals surface area contributed by atoms with E-state index in [0.717, 1.165) is 12.8 Å². The van der Waals surface area contributed by atoms with Gasteiger partial charge in [-0.2, -0.15) is 0 Å². The van der Waals surface area contributed by atoms with Crippen LogP contribution < -0.4 is 0 Å². The van der Waals surface area contributed by atoms with Crippen LogP contribution in [0.1, 0.15) is 12.8 Å². The fourth-order valence-corrected chi connectivity index (χ4v) is 2.25. The van der Waals surface area contributed by atoms with Gasteiger partial charge in [-0.3, -0.25) is 4.79 Å². The van der Waals surface area contributed by atoms with Crippen molar-refractivity contribution in [3.05, 3.63) is 0 Å². The summed E-state index contributed by atoms with van der Waals surface area (Å²) in [7, 11) is 0. The summed E-state index contributed by atoms with van der Waals surface area (Å²) in [6.07, 6.45) is 1.74. The van der Waals surface area contributed by atoms with Gasteiger partial charge in [-0.05, 0) is 12.8 Å². The van der Waals surface area contributed by atoms with Gasteiger partial charge in [-0.25, -0.2) is 4.79 Å². The first-order chi connectivity index (χ1) is 7.63. The van der Waals surface area contributed by atoms with E-state index < -0.39 is 11.9 Å². The minimum Gasteiger partial charge on any atom is -0.481 e. The van der Waals surface area contributed by atoms with E-state index in [-0.39, 0.29) is 18.7 Å². The van der Waals surface area contributed by atoms with Crippen molar-refractivity contribution in [1.82, 2.24) is 9.80 Å². The number of hydrogen-bond donors (Lipinski definition) is 2. The molecule has 1 atom stereocenters. The molecule has 0 aliphatic carbocycles. The van der Waals surface area contributed by atoms with E-state index in [0.29, 0.717) is 19.6 Å². The zero-order valence-electron chi connectivity index (χ0n) is 9.00. The van der Waals surface area contributed by atoms with Crippen LogP contribution in [0.15, 0.2) is 0 Å². The lowest BCUT2D eigenvalue weighted by Gasteiger charge is -2.40. The second-order valence-electron chi connectivity index (χ2n) is 4.39. The van der Waals surface area contributed by atoms with Gasteiger partial charge >= 0.3 is 12.0 Å². The number of likely N-dealkylation sites (tertiary alicyclic amines) is 2. The van der Waals surface area contributed by atoms with Crippen LogP contribution in [0.4, 0.5) is 4.79 Å². The number of carbonyl (C=O) groups excluding carboxylic acids is 1. The quantitative estimate of drug-likeness (QED) is 0.672. The van der Waals surface area contributed by atoms with E-state index in [1.54, 1.807) is 4.90 Å². The molecule has 90 valence electrons. The maximum Gasteiger partial charge on any atom is 0.320 e. The fraction of sp³-hybridized carbons (Fsp3) is 0.800. The van der Waals surface area contributed by atoms with Gasteiger partial charge in [0.1, 0.15) is 0 Å². The molecule has 2 aliphatic heterocycles. The molecule has 6 nitrogen and oxygen atoms in total. The number of aliphatic hydroxyl groups is 1. The van der Waals surface area contributed by atoms with Crippen LogP contribution >= 0.6 is 0 Å². The molecule has 0 radical (unpaired) electrons. The van der Waals surface area contributed by atoms with Gasteiger partial charge in [0.15, 0.2) is 0 Å². The third kappa shape index (κ3) is 1.84. The molecule has 0 aromatic carbocycles. The van der Waals surface area contributed by atoms with E-state index >= 15 is 0 Å². The van der Waals surface area contributed by atoms with E-state index in [4.69, 9.17) is 10.2 Å². The van der Waals surface area contributed by atoms with Crippen LogP contribution in [0.5, 0.6) is 0 Å². The molecule has 0 saturated carbocycles. The Balaban J connectivity index is 1.87. The highest BCUT2D eigenvalue weighted by atomic mass is 16.4. The lowest BCUT2D eigenvalue weighted by atomic mass is 10.0. The van der Waals surface area contributed by atoms with Gasteiger partial charge in [0.05, 0.1) is 18.6 Å². The summed E-state index contributed by atoms with van der Waals surface area (Å²) in [5, 5.41) is 17.8. The number of carboxylic acids is 1. The molecule has 16 heavy (non-hydrogen) atoms. The average Bonchev–Trinajstić information content (AvgIpc) is 2.61. The van der Waals surface area contributed by atoms with Crippen molar-refractivity contribution in [1.29, 1.82) is 0 Å². The molecule has 2 N–H and O–H groups in total. The smallest absolute Gasteiger partial charge is 0.320 e. The molecule has 0 aromatic heterocycles. The maximum absolute atomic E-state index is 11.9. The Hall–Kier alpha value is -1.30. The van der Waals surface area contributed by atoms with Crippen molar-refractivity contribution >= 4 is 12.0 Å². The topological polar surface area (TPSA) is 81.1 Å². The normalized spacial score (nSPS) is 25.7. The number of aliphatic carboxylic acids is 1. The predicted molar refractivity (Wildman–Crippen MR) is 54.9 cm³/mol.